The lowest BCUT2D eigenvalue weighted by molar-refractivity contribution is 0.257. The topological polar surface area (TPSA) is 20.5 Å². The Balaban J connectivity index is 1.46. The third-order valence-corrected chi connectivity index (χ3v) is 7.55. The lowest BCUT2D eigenvalue weighted by Gasteiger charge is -2.23. The molecule has 0 unspecified atom stereocenters. The van der Waals surface area contributed by atoms with Gasteiger partial charge in [0.25, 0.3) is 0 Å². The normalized spacial score (nSPS) is 11.5. The van der Waals surface area contributed by atoms with Crippen molar-refractivity contribution in [2.45, 2.75) is 19.5 Å². The van der Waals surface area contributed by atoms with Gasteiger partial charge in [0.2, 0.25) is 0 Å². The molecule has 0 saturated heterocycles. The fraction of sp³-hybridized carbons (Fsp3) is 0.148. The first-order valence-electron chi connectivity index (χ1n) is 11.0. The molecule has 0 spiro atoms. The largest absolute Gasteiger partial charge is 0.293 e. The van der Waals surface area contributed by atoms with Gasteiger partial charge in [0.1, 0.15) is 0 Å². The summed E-state index contributed by atoms with van der Waals surface area (Å²) in [5, 5.41) is 3.97. The molecule has 2 aromatic heterocycles. The van der Waals surface area contributed by atoms with Gasteiger partial charge in [-0.05, 0) is 41.8 Å². The Morgan fingerprint density at radius 1 is 0.824 bits per heavy atom. The first-order chi connectivity index (χ1) is 16.6. The van der Waals surface area contributed by atoms with Gasteiger partial charge >= 0.3 is 0 Å². The first kappa shape index (κ1) is 23.4. The van der Waals surface area contributed by atoms with Crippen molar-refractivity contribution in [3.05, 3.63) is 116 Å². The summed E-state index contributed by atoms with van der Waals surface area (Å²) in [6.07, 6.45) is 2.97. The minimum absolute atomic E-state index is 0.582. The predicted molar refractivity (Wildman–Crippen MR) is 144 cm³/mol. The molecule has 0 aliphatic carbocycles. The number of benzene rings is 3. The summed E-state index contributed by atoms with van der Waals surface area (Å²) >= 11 is 20.2. The van der Waals surface area contributed by atoms with Crippen molar-refractivity contribution < 1.29 is 0 Å². The first-order valence-corrected chi connectivity index (χ1v) is 13.0. The van der Waals surface area contributed by atoms with Crippen LogP contribution >= 0.6 is 46.1 Å². The number of imidazole rings is 1. The summed E-state index contributed by atoms with van der Waals surface area (Å²) in [4.78, 5) is 8.40. The van der Waals surface area contributed by atoms with E-state index in [1.807, 2.05) is 48.5 Å². The third-order valence-electron chi connectivity index (χ3n) is 5.80. The second-order valence-corrected chi connectivity index (χ2v) is 10.3. The molecule has 0 fully saturated rings. The monoisotopic (exact) mass is 525 g/mol. The van der Waals surface area contributed by atoms with E-state index in [0.29, 0.717) is 10.0 Å². The number of thiazole rings is 1. The van der Waals surface area contributed by atoms with E-state index in [2.05, 4.69) is 45.1 Å². The number of hydrogen-bond donors (Lipinski definition) is 0. The van der Waals surface area contributed by atoms with Gasteiger partial charge in [0, 0.05) is 41.8 Å². The highest BCUT2D eigenvalue weighted by atomic mass is 35.5. The van der Waals surface area contributed by atoms with Gasteiger partial charge in [-0.25, -0.2) is 4.98 Å². The zero-order chi connectivity index (χ0) is 23.5. The smallest absolute Gasteiger partial charge is 0.194 e. The second-order valence-electron chi connectivity index (χ2n) is 8.16. The molecule has 3 nitrogen and oxygen atoms in total. The van der Waals surface area contributed by atoms with E-state index < -0.39 is 0 Å². The highest BCUT2D eigenvalue weighted by Gasteiger charge is 2.18. The number of fused-ring (bicyclic) bond motifs is 1. The van der Waals surface area contributed by atoms with E-state index in [0.717, 1.165) is 47.3 Å². The van der Waals surface area contributed by atoms with Gasteiger partial charge in [-0.3, -0.25) is 9.30 Å². The lowest BCUT2D eigenvalue weighted by Crippen LogP contribution is -2.26. The SMILES string of the molecule is Clc1ccc(-c2nc3sccn3c2CN(CCc2ccc(Cl)c(Cl)c2)Cc2ccccc2)cc1. The Hall–Kier alpha value is -2.34. The van der Waals surface area contributed by atoms with Crippen LogP contribution in [0.2, 0.25) is 15.1 Å². The summed E-state index contributed by atoms with van der Waals surface area (Å²) in [5.41, 5.74) is 5.68. The second kappa shape index (κ2) is 10.5. The van der Waals surface area contributed by atoms with Crippen LogP contribution < -0.4 is 0 Å². The maximum atomic E-state index is 6.26. The van der Waals surface area contributed by atoms with Crippen molar-refractivity contribution in [1.29, 1.82) is 0 Å². The molecular weight excluding hydrogens is 505 g/mol. The fourth-order valence-corrected chi connectivity index (χ4v) is 5.25. The number of rotatable bonds is 8. The van der Waals surface area contributed by atoms with Crippen molar-refractivity contribution in [3.8, 4) is 11.3 Å². The molecule has 172 valence electrons. The van der Waals surface area contributed by atoms with Gasteiger partial charge in [0.15, 0.2) is 4.96 Å². The average molecular weight is 527 g/mol. The molecule has 0 radical (unpaired) electrons. The molecule has 0 bridgehead atoms. The van der Waals surface area contributed by atoms with E-state index in [9.17, 15) is 0 Å². The molecule has 3 aromatic carbocycles. The molecule has 0 aliphatic heterocycles. The quantitative estimate of drug-likeness (QED) is 0.203. The molecule has 0 N–H and O–H groups in total. The van der Waals surface area contributed by atoms with E-state index in [-0.39, 0.29) is 0 Å². The third kappa shape index (κ3) is 5.32. The summed E-state index contributed by atoms with van der Waals surface area (Å²) in [5.74, 6) is 0. The van der Waals surface area contributed by atoms with Crippen molar-refractivity contribution in [3.63, 3.8) is 0 Å². The molecule has 34 heavy (non-hydrogen) atoms. The summed E-state index contributed by atoms with van der Waals surface area (Å²) in [7, 11) is 0. The lowest BCUT2D eigenvalue weighted by atomic mass is 10.1. The Morgan fingerprint density at radius 3 is 2.38 bits per heavy atom. The zero-order valence-electron chi connectivity index (χ0n) is 18.3. The maximum Gasteiger partial charge on any atom is 0.194 e. The standard InChI is InChI=1S/C27H22Cl3N3S/c28-22-9-7-21(8-10-22)26-25(33-14-15-34-27(33)31-26)18-32(17-20-4-2-1-3-5-20)13-12-19-6-11-23(29)24(30)16-19/h1-11,14-16H,12-13,17-18H2. The molecular formula is C27H22Cl3N3S. The van der Waals surface area contributed by atoms with Gasteiger partial charge in [-0.1, -0.05) is 83.3 Å². The van der Waals surface area contributed by atoms with Crippen LogP contribution in [0.4, 0.5) is 0 Å². The number of nitrogens with zero attached hydrogens (tertiary/aromatic N) is 3. The molecule has 7 heteroatoms. The van der Waals surface area contributed by atoms with Gasteiger partial charge < -0.3 is 0 Å². The molecule has 0 aliphatic rings. The summed E-state index contributed by atoms with van der Waals surface area (Å²) in [6.45, 7) is 2.45. The van der Waals surface area contributed by atoms with Crippen LogP contribution in [-0.2, 0) is 19.5 Å². The van der Waals surface area contributed by atoms with Gasteiger partial charge in [-0.2, -0.15) is 0 Å². The number of halogens is 3. The van der Waals surface area contributed by atoms with Crippen LogP contribution in [0.5, 0.6) is 0 Å². The summed E-state index contributed by atoms with van der Waals surface area (Å²) in [6, 6.07) is 24.3. The van der Waals surface area contributed by atoms with Crippen molar-refractivity contribution >= 4 is 51.1 Å². The van der Waals surface area contributed by atoms with E-state index in [1.54, 1.807) is 11.3 Å². The molecule has 2 heterocycles. The van der Waals surface area contributed by atoms with Crippen LogP contribution in [0.15, 0.2) is 84.4 Å². The van der Waals surface area contributed by atoms with Crippen LogP contribution in [0.1, 0.15) is 16.8 Å². The van der Waals surface area contributed by atoms with E-state index in [4.69, 9.17) is 39.8 Å². The van der Waals surface area contributed by atoms with E-state index >= 15 is 0 Å². The Labute approximate surface area is 218 Å². The Bertz CT molecular complexity index is 1390. The van der Waals surface area contributed by atoms with Crippen LogP contribution in [0.25, 0.3) is 16.2 Å². The summed E-state index contributed by atoms with van der Waals surface area (Å²) < 4.78 is 2.20. The minimum Gasteiger partial charge on any atom is -0.293 e. The van der Waals surface area contributed by atoms with Crippen molar-refractivity contribution in [1.82, 2.24) is 14.3 Å². The number of hydrogen-bond acceptors (Lipinski definition) is 3. The fourth-order valence-electron chi connectivity index (χ4n) is 4.07. The molecule has 0 atom stereocenters. The van der Waals surface area contributed by atoms with Crippen molar-refractivity contribution in [2.75, 3.05) is 6.54 Å². The van der Waals surface area contributed by atoms with Crippen LogP contribution in [0.3, 0.4) is 0 Å². The van der Waals surface area contributed by atoms with Crippen LogP contribution in [-0.4, -0.2) is 20.8 Å². The minimum atomic E-state index is 0.582. The zero-order valence-corrected chi connectivity index (χ0v) is 21.4. The average Bonchev–Trinajstić information content (AvgIpc) is 3.43. The van der Waals surface area contributed by atoms with Crippen LogP contribution in [0, 0.1) is 0 Å². The number of aromatic nitrogens is 2. The molecule has 5 aromatic rings. The molecule has 0 amide bonds. The van der Waals surface area contributed by atoms with E-state index in [1.165, 1.54) is 16.8 Å². The molecule has 5 rings (SSSR count). The highest BCUT2D eigenvalue weighted by molar-refractivity contribution is 7.15. The Morgan fingerprint density at radius 2 is 1.62 bits per heavy atom. The predicted octanol–water partition coefficient (Wildman–Crippen LogP) is 8.27. The Kier molecular flexibility index (Phi) is 7.23. The molecule has 0 saturated carbocycles. The van der Waals surface area contributed by atoms with Gasteiger partial charge in [0.05, 0.1) is 21.4 Å². The van der Waals surface area contributed by atoms with Gasteiger partial charge in [-0.15, -0.1) is 11.3 Å². The highest BCUT2D eigenvalue weighted by Crippen LogP contribution is 2.29. The maximum absolute atomic E-state index is 6.26. The van der Waals surface area contributed by atoms with Crippen molar-refractivity contribution in [2.24, 2.45) is 0 Å².